The molecule has 0 aliphatic carbocycles. The van der Waals surface area contributed by atoms with E-state index < -0.39 is 59.9 Å². The molecule has 1 aliphatic heterocycles. The minimum atomic E-state index is -5.20. The highest BCUT2D eigenvalue weighted by Crippen LogP contribution is 2.50. The fourth-order valence-electron chi connectivity index (χ4n) is 3.44. The molecule has 3 rings (SSSR count). The van der Waals surface area contributed by atoms with Crippen molar-refractivity contribution in [2.75, 3.05) is 11.4 Å². The lowest BCUT2D eigenvalue weighted by atomic mass is 9.92. The van der Waals surface area contributed by atoms with Crippen molar-refractivity contribution in [3.63, 3.8) is 0 Å². The highest BCUT2D eigenvalue weighted by Gasteiger charge is 2.65. The molecule has 0 radical (unpaired) electrons. The lowest BCUT2D eigenvalue weighted by Crippen LogP contribution is -2.46. The Morgan fingerprint density at radius 3 is 2.11 bits per heavy atom. The molecule has 1 heterocycles. The zero-order valence-corrected chi connectivity index (χ0v) is 21.8. The van der Waals surface area contributed by atoms with Gasteiger partial charge in [-0.25, -0.2) is 4.79 Å². The van der Waals surface area contributed by atoms with E-state index in [1.165, 1.54) is 6.92 Å². The van der Waals surface area contributed by atoms with E-state index in [-0.39, 0.29) is 27.1 Å². The SMILES string of the molecule is CC.CCC(=O)NCc1ccc(N2CC(c3cc(Cl)c(Cl)c(Cl)c3)(C(F)(F)F)OC2=O)cc1C(F)(F)F. The van der Waals surface area contributed by atoms with Crippen molar-refractivity contribution < 1.29 is 40.7 Å². The van der Waals surface area contributed by atoms with Crippen LogP contribution in [0.15, 0.2) is 30.3 Å². The maximum atomic E-state index is 14.2. The van der Waals surface area contributed by atoms with Crippen molar-refractivity contribution in [2.45, 2.75) is 51.7 Å². The van der Waals surface area contributed by atoms with Gasteiger partial charge in [0.25, 0.3) is 5.60 Å². The summed E-state index contributed by atoms with van der Waals surface area (Å²) in [6, 6.07) is 4.15. The van der Waals surface area contributed by atoms with Gasteiger partial charge in [-0.2, -0.15) is 26.3 Å². The Kier molecular flexibility index (Phi) is 9.65. The quantitative estimate of drug-likeness (QED) is 0.281. The lowest BCUT2D eigenvalue weighted by Gasteiger charge is -2.30. The van der Waals surface area contributed by atoms with Gasteiger partial charge in [0.15, 0.2) is 0 Å². The van der Waals surface area contributed by atoms with Gasteiger partial charge < -0.3 is 10.1 Å². The number of benzene rings is 2. The fourth-order valence-corrected chi connectivity index (χ4v) is 4.04. The van der Waals surface area contributed by atoms with Crippen molar-refractivity contribution in [1.82, 2.24) is 5.32 Å². The maximum absolute atomic E-state index is 14.2. The molecule has 37 heavy (non-hydrogen) atoms. The molecule has 14 heteroatoms. The van der Waals surface area contributed by atoms with E-state index in [1.54, 1.807) is 0 Å². The Morgan fingerprint density at radius 1 is 1.05 bits per heavy atom. The fraction of sp³-hybridized carbons (Fsp3) is 0.391. The molecule has 0 bridgehead atoms. The van der Waals surface area contributed by atoms with Gasteiger partial charge in [0, 0.05) is 24.2 Å². The van der Waals surface area contributed by atoms with Gasteiger partial charge in [-0.05, 0) is 29.8 Å². The smallest absolute Gasteiger partial charge is 0.426 e. The predicted molar refractivity (Wildman–Crippen MR) is 128 cm³/mol. The van der Waals surface area contributed by atoms with Gasteiger partial charge in [0.2, 0.25) is 5.91 Å². The monoisotopic (exact) mass is 592 g/mol. The zero-order chi connectivity index (χ0) is 28.3. The third kappa shape index (κ3) is 6.38. The number of hydrogen-bond acceptors (Lipinski definition) is 3. The van der Waals surface area contributed by atoms with Crippen molar-refractivity contribution in [2.24, 2.45) is 0 Å². The van der Waals surface area contributed by atoms with Crippen LogP contribution in [0.4, 0.5) is 36.8 Å². The Labute approximate surface area is 223 Å². The van der Waals surface area contributed by atoms with Crippen LogP contribution in [0, 0.1) is 0 Å². The molecule has 1 atom stereocenters. The van der Waals surface area contributed by atoms with Crippen molar-refractivity contribution >= 4 is 52.5 Å². The Balaban J connectivity index is 0.00000235. The minimum absolute atomic E-state index is 0.0390. The van der Waals surface area contributed by atoms with Crippen molar-refractivity contribution in [3.8, 4) is 0 Å². The number of anilines is 1. The summed E-state index contributed by atoms with van der Waals surface area (Å²) >= 11 is 17.5. The number of ether oxygens (including phenoxy) is 1. The van der Waals surface area contributed by atoms with Gasteiger partial charge in [0.1, 0.15) is 0 Å². The Hall–Kier alpha value is -2.37. The molecule has 0 spiro atoms. The molecule has 1 fully saturated rings. The van der Waals surface area contributed by atoms with Crippen LogP contribution in [0.5, 0.6) is 0 Å². The van der Waals surface area contributed by atoms with Gasteiger partial charge in [-0.3, -0.25) is 9.69 Å². The summed E-state index contributed by atoms with van der Waals surface area (Å²) in [5, 5.41) is 1.39. The number of amides is 2. The van der Waals surface area contributed by atoms with Crippen LogP contribution in [0.1, 0.15) is 43.9 Å². The number of carbonyl (C=O) groups excluding carboxylic acids is 2. The largest absolute Gasteiger partial charge is 0.434 e. The van der Waals surface area contributed by atoms with Gasteiger partial charge in [-0.1, -0.05) is 61.6 Å². The van der Waals surface area contributed by atoms with E-state index in [0.29, 0.717) is 11.0 Å². The maximum Gasteiger partial charge on any atom is 0.434 e. The van der Waals surface area contributed by atoms with Crippen LogP contribution in [-0.2, 0) is 27.9 Å². The van der Waals surface area contributed by atoms with Crippen LogP contribution in [0.3, 0.4) is 0 Å². The molecule has 1 unspecified atom stereocenters. The zero-order valence-electron chi connectivity index (χ0n) is 19.6. The Morgan fingerprint density at radius 2 is 1.62 bits per heavy atom. The molecule has 1 N–H and O–H groups in total. The molecule has 0 aromatic heterocycles. The standard InChI is InChI=1S/C21H15Cl3F6N2O3.C2H6/c1-2-16(33)31-8-10-3-4-12(7-13(10)20(25,26)27)32-9-19(21(28,29)30,35-18(32)34)11-5-14(22)17(24)15(23)6-11;1-2/h3-7H,2,8-9H2,1H3,(H,31,33);1-2H3. The molecule has 2 aromatic rings. The van der Waals surface area contributed by atoms with E-state index in [2.05, 4.69) is 5.32 Å². The summed E-state index contributed by atoms with van der Waals surface area (Å²) in [6.07, 6.45) is -11.6. The second-order valence-electron chi connectivity index (χ2n) is 7.50. The van der Waals surface area contributed by atoms with Crippen LogP contribution in [0.25, 0.3) is 0 Å². The normalized spacial score (nSPS) is 17.7. The molecule has 2 amide bonds. The lowest BCUT2D eigenvalue weighted by molar-refractivity contribution is -0.250. The average molecular weight is 594 g/mol. The van der Waals surface area contributed by atoms with E-state index >= 15 is 0 Å². The highest BCUT2D eigenvalue weighted by molar-refractivity contribution is 6.48. The molecular weight excluding hydrogens is 573 g/mol. The van der Waals surface area contributed by atoms with Gasteiger partial charge >= 0.3 is 18.4 Å². The van der Waals surface area contributed by atoms with Crippen LogP contribution in [0.2, 0.25) is 15.1 Å². The number of rotatable bonds is 5. The summed E-state index contributed by atoms with van der Waals surface area (Å²) in [5.74, 6) is -0.499. The first kappa shape index (κ1) is 30.9. The van der Waals surface area contributed by atoms with Crippen LogP contribution >= 0.6 is 34.8 Å². The number of hydrogen-bond donors (Lipinski definition) is 1. The third-order valence-corrected chi connectivity index (χ3v) is 6.48. The third-order valence-electron chi connectivity index (χ3n) is 5.28. The topological polar surface area (TPSA) is 58.6 Å². The first-order chi connectivity index (χ1) is 17.1. The van der Waals surface area contributed by atoms with Crippen LogP contribution in [-0.4, -0.2) is 24.7 Å². The number of halogens is 9. The summed E-state index contributed by atoms with van der Waals surface area (Å²) in [7, 11) is 0. The van der Waals surface area contributed by atoms with E-state index in [0.717, 1.165) is 24.3 Å². The molecule has 0 saturated carbocycles. The van der Waals surface area contributed by atoms with Gasteiger partial charge in [0.05, 0.1) is 27.2 Å². The summed E-state index contributed by atoms with van der Waals surface area (Å²) in [5.41, 5.74) is -6.01. The number of nitrogens with one attached hydrogen (secondary N) is 1. The van der Waals surface area contributed by atoms with Crippen LogP contribution < -0.4 is 10.2 Å². The summed E-state index contributed by atoms with van der Waals surface area (Å²) in [4.78, 5) is 24.4. The Bertz CT molecular complexity index is 1150. The predicted octanol–water partition coefficient (Wildman–Crippen LogP) is 8.13. The number of alkyl halides is 6. The second kappa shape index (κ2) is 11.6. The minimum Gasteiger partial charge on any atom is -0.426 e. The first-order valence-electron chi connectivity index (χ1n) is 10.8. The highest BCUT2D eigenvalue weighted by atomic mass is 35.5. The van der Waals surface area contributed by atoms with E-state index in [9.17, 15) is 35.9 Å². The van der Waals surface area contributed by atoms with Crippen molar-refractivity contribution in [1.29, 1.82) is 0 Å². The first-order valence-corrected chi connectivity index (χ1v) is 11.9. The molecule has 1 saturated heterocycles. The number of nitrogens with zero attached hydrogens (tertiary/aromatic N) is 1. The summed E-state index contributed by atoms with van der Waals surface area (Å²) in [6.45, 7) is 3.82. The van der Waals surface area contributed by atoms with Gasteiger partial charge in [-0.15, -0.1) is 0 Å². The molecule has 1 aliphatic rings. The van der Waals surface area contributed by atoms with E-state index in [4.69, 9.17) is 39.5 Å². The molecule has 2 aromatic carbocycles. The number of carbonyl (C=O) groups is 2. The average Bonchev–Trinajstić information content (AvgIpc) is 3.19. The molecule has 204 valence electrons. The second-order valence-corrected chi connectivity index (χ2v) is 8.69. The molecule has 5 nitrogen and oxygen atoms in total. The molecular formula is C23H21Cl3F6N2O3. The van der Waals surface area contributed by atoms with E-state index in [1.807, 2.05) is 13.8 Å². The van der Waals surface area contributed by atoms with Crippen molar-refractivity contribution in [3.05, 3.63) is 62.1 Å². The summed E-state index contributed by atoms with van der Waals surface area (Å²) < 4.78 is 88.5. The number of cyclic esters (lactones) is 1.